The third kappa shape index (κ3) is 2.68. The van der Waals surface area contributed by atoms with Crippen LogP contribution in [0.25, 0.3) is 11.5 Å². The molecule has 100 valence electrons. The summed E-state index contributed by atoms with van der Waals surface area (Å²) in [6.45, 7) is 6.29. The third-order valence-corrected chi connectivity index (χ3v) is 3.40. The molecule has 0 radical (unpaired) electrons. The molecule has 0 saturated heterocycles. The highest BCUT2D eigenvalue weighted by Gasteiger charge is 2.14. The summed E-state index contributed by atoms with van der Waals surface area (Å²) in [6, 6.07) is 6.42. The fraction of sp³-hybridized carbons (Fsp3) is 0.467. The summed E-state index contributed by atoms with van der Waals surface area (Å²) in [5.41, 5.74) is 3.78. The van der Waals surface area contributed by atoms with Crippen LogP contribution in [-0.4, -0.2) is 16.7 Å². The second-order valence-electron chi connectivity index (χ2n) is 5.52. The lowest BCUT2D eigenvalue weighted by Crippen LogP contribution is -2.23. The van der Waals surface area contributed by atoms with E-state index in [1.54, 1.807) is 0 Å². The molecule has 4 heteroatoms. The molecule has 1 N–H and O–H groups in total. The van der Waals surface area contributed by atoms with Gasteiger partial charge in [-0.05, 0) is 42.1 Å². The number of aromatic nitrogens is 2. The van der Waals surface area contributed by atoms with Crippen molar-refractivity contribution in [2.45, 2.75) is 33.2 Å². The van der Waals surface area contributed by atoms with Crippen molar-refractivity contribution in [2.24, 2.45) is 5.92 Å². The maximum absolute atomic E-state index is 5.36. The Hall–Kier alpha value is -1.68. The Labute approximate surface area is 113 Å². The fourth-order valence-corrected chi connectivity index (χ4v) is 2.43. The van der Waals surface area contributed by atoms with E-state index in [1.807, 2.05) is 0 Å². The SMILES string of the molecule is CC(C)Cc1noc(-c2ccc3c(c2)CNCC3)n1. The minimum atomic E-state index is 0.540. The van der Waals surface area contributed by atoms with Crippen LogP contribution in [-0.2, 0) is 19.4 Å². The van der Waals surface area contributed by atoms with Gasteiger partial charge < -0.3 is 9.84 Å². The minimum absolute atomic E-state index is 0.540. The van der Waals surface area contributed by atoms with E-state index in [2.05, 4.69) is 47.5 Å². The molecule has 2 aromatic rings. The number of fused-ring (bicyclic) bond motifs is 1. The number of nitrogens with one attached hydrogen (secondary N) is 1. The molecule has 0 bridgehead atoms. The minimum Gasteiger partial charge on any atom is -0.334 e. The normalized spacial score (nSPS) is 14.7. The first-order valence-corrected chi connectivity index (χ1v) is 6.88. The zero-order chi connectivity index (χ0) is 13.2. The Morgan fingerprint density at radius 1 is 1.32 bits per heavy atom. The Balaban J connectivity index is 1.87. The number of hydrogen-bond acceptors (Lipinski definition) is 4. The van der Waals surface area contributed by atoms with Crippen LogP contribution in [0.4, 0.5) is 0 Å². The highest BCUT2D eigenvalue weighted by Crippen LogP contribution is 2.23. The van der Waals surface area contributed by atoms with Gasteiger partial charge in [-0.25, -0.2) is 0 Å². The molecule has 1 aromatic carbocycles. The van der Waals surface area contributed by atoms with Gasteiger partial charge >= 0.3 is 0 Å². The molecule has 0 atom stereocenters. The molecular formula is C15H19N3O. The van der Waals surface area contributed by atoms with Crippen LogP contribution in [0, 0.1) is 5.92 Å². The van der Waals surface area contributed by atoms with Crippen LogP contribution in [0.15, 0.2) is 22.7 Å². The van der Waals surface area contributed by atoms with Crippen LogP contribution in [0.3, 0.4) is 0 Å². The van der Waals surface area contributed by atoms with Gasteiger partial charge in [0.05, 0.1) is 0 Å². The highest BCUT2D eigenvalue weighted by atomic mass is 16.5. The Morgan fingerprint density at radius 3 is 3.05 bits per heavy atom. The van der Waals surface area contributed by atoms with Crippen molar-refractivity contribution in [1.82, 2.24) is 15.5 Å². The molecule has 0 saturated carbocycles. The van der Waals surface area contributed by atoms with E-state index in [4.69, 9.17) is 4.52 Å². The van der Waals surface area contributed by atoms with Gasteiger partial charge in [-0.2, -0.15) is 4.98 Å². The Morgan fingerprint density at radius 2 is 2.21 bits per heavy atom. The van der Waals surface area contributed by atoms with Gasteiger partial charge in [0.25, 0.3) is 5.89 Å². The number of benzene rings is 1. The molecule has 0 spiro atoms. The predicted octanol–water partition coefficient (Wildman–Crippen LogP) is 2.58. The first-order valence-electron chi connectivity index (χ1n) is 6.88. The maximum atomic E-state index is 5.36. The maximum Gasteiger partial charge on any atom is 0.257 e. The lowest BCUT2D eigenvalue weighted by atomic mass is 9.98. The van der Waals surface area contributed by atoms with Gasteiger partial charge in [-0.1, -0.05) is 25.1 Å². The summed E-state index contributed by atoms with van der Waals surface area (Å²) in [5, 5.41) is 7.43. The van der Waals surface area contributed by atoms with Gasteiger partial charge in [0.15, 0.2) is 5.82 Å². The smallest absolute Gasteiger partial charge is 0.257 e. The van der Waals surface area contributed by atoms with Crippen molar-refractivity contribution in [2.75, 3.05) is 6.54 Å². The number of nitrogens with zero attached hydrogens (tertiary/aromatic N) is 2. The zero-order valence-electron chi connectivity index (χ0n) is 11.4. The van der Waals surface area contributed by atoms with Crippen molar-refractivity contribution in [1.29, 1.82) is 0 Å². The lowest BCUT2D eigenvalue weighted by molar-refractivity contribution is 0.417. The van der Waals surface area contributed by atoms with Crippen LogP contribution < -0.4 is 5.32 Å². The molecule has 0 unspecified atom stereocenters. The zero-order valence-corrected chi connectivity index (χ0v) is 11.4. The summed E-state index contributed by atoms with van der Waals surface area (Å²) >= 11 is 0. The summed E-state index contributed by atoms with van der Waals surface area (Å²) in [7, 11) is 0. The van der Waals surface area contributed by atoms with Crippen molar-refractivity contribution >= 4 is 0 Å². The van der Waals surface area contributed by atoms with Crippen LogP contribution >= 0.6 is 0 Å². The van der Waals surface area contributed by atoms with E-state index in [1.165, 1.54) is 11.1 Å². The summed E-state index contributed by atoms with van der Waals surface area (Å²) in [4.78, 5) is 4.47. The summed E-state index contributed by atoms with van der Waals surface area (Å²) < 4.78 is 5.36. The topological polar surface area (TPSA) is 51.0 Å². The second kappa shape index (κ2) is 5.13. The first-order chi connectivity index (χ1) is 9.22. The van der Waals surface area contributed by atoms with Crippen molar-refractivity contribution in [3.63, 3.8) is 0 Å². The van der Waals surface area contributed by atoms with Crippen LogP contribution in [0.2, 0.25) is 0 Å². The van der Waals surface area contributed by atoms with Gasteiger partial charge in [0.1, 0.15) is 0 Å². The predicted molar refractivity (Wildman–Crippen MR) is 73.7 cm³/mol. The molecule has 1 aromatic heterocycles. The van der Waals surface area contributed by atoms with E-state index >= 15 is 0 Å². The third-order valence-electron chi connectivity index (χ3n) is 3.40. The van der Waals surface area contributed by atoms with Crippen molar-refractivity contribution in [3.8, 4) is 11.5 Å². The molecule has 1 aliphatic heterocycles. The highest BCUT2D eigenvalue weighted by molar-refractivity contribution is 5.56. The molecule has 1 aliphatic rings. The van der Waals surface area contributed by atoms with Gasteiger partial charge in [0.2, 0.25) is 0 Å². The largest absolute Gasteiger partial charge is 0.334 e. The lowest BCUT2D eigenvalue weighted by Gasteiger charge is -2.17. The van der Waals surface area contributed by atoms with E-state index in [9.17, 15) is 0 Å². The van der Waals surface area contributed by atoms with E-state index < -0.39 is 0 Å². The number of rotatable bonds is 3. The molecule has 19 heavy (non-hydrogen) atoms. The van der Waals surface area contributed by atoms with Gasteiger partial charge in [0, 0.05) is 18.5 Å². The van der Waals surface area contributed by atoms with E-state index in [0.717, 1.165) is 37.3 Å². The molecule has 3 rings (SSSR count). The van der Waals surface area contributed by atoms with Crippen molar-refractivity contribution in [3.05, 3.63) is 35.2 Å². The van der Waals surface area contributed by atoms with E-state index in [-0.39, 0.29) is 0 Å². The fourth-order valence-electron chi connectivity index (χ4n) is 2.43. The van der Waals surface area contributed by atoms with Gasteiger partial charge in [-0.3, -0.25) is 0 Å². The number of hydrogen-bond donors (Lipinski definition) is 1. The summed E-state index contributed by atoms with van der Waals surface area (Å²) in [6.07, 6.45) is 1.95. The average Bonchev–Trinajstić information content (AvgIpc) is 2.86. The standard InChI is InChI=1S/C15H19N3O/c1-10(2)7-14-17-15(19-18-14)12-4-3-11-5-6-16-9-13(11)8-12/h3-4,8,10,16H,5-7,9H2,1-2H3. The molecule has 0 fully saturated rings. The second-order valence-corrected chi connectivity index (χ2v) is 5.52. The monoisotopic (exact) mass is 257 g/mol. The molecular weight excluding hydrogens is 238 g/mol. The Kier molecular flexibility index (Phi) is 3.34. The average molecular weight is 257 g/mol. The van der Waals surface area contributed by atoms with Crippen molar-refractivity contribution < 1.29 is 4.52 Å². The Bertz CT molecular complexity index is 575. The summed E-state index contributed by atoms with van der Waals surface area (Å²) in [5.74, 6) is 1.96. The van der Waals surface area contributed by atoms with Crippen LogP contribution in [0.5, 0.6) is 0 Å². The van der Waals surface area contributed by atoms with E-state index in [0.29, 0.717) is 11.8 Å². The molecule has 2 heterocycles. The van der Waals surface area contributed by atoms with Crippen LogP contribution in [0.1, 0.15) is 30.8 Å². The quantitative estimate of drug-likeness (QED) is 0.918. The molecule has 4 nitrogen and oxygen atoms in total. The molecule has 0 amide bonds. The van der Waals surface area contributed by atoms with Gasteiger partial charge in [-0.15, -0.1) is 0 Å². The molecule has 0 aliphatic carbocycles. The first kappa shape index (κ1) is 12.4.